The summed E-state index contributed by atoms with van der Waals surface area (Å²) >= 11 is 6.36. The number of fused-ring (bicyclic) bond motifs is 1. The zero-order chi connectivity index (χ0) is 21.4. The lowest BCUT2D eigenvalue weighted by atomic mass is 9.78. The first-order valence-electron chi connectivity index (χ1n) is 10.7. The van der Waals surface area contributed by atoms with Crippen molar-refractivity contribution in [3.8, 4) is 0 Å². The van der Waals surface area contributed by atoms with E-state index < -0.39 is 0 Å². The Morgan fingerprint density at radius 1 is 1.23 bits per heavy atom. The molecule has 6 heteroatoms. The predicted molar refractivity (Wildman–Crippen MR) is 120 cm³/mol. The van der Waals surface area contributed by atoms with E-state index in [9.17, 15) is 4.79 Å². The quantitative estimate of drug-likeness (QED) is 0.630. The monoisotopic (exact) mass is 424 g/mol. The second-order valence-electron chi connectivity index (χ2n) is 8.67. The van der Waals surface area contributed by atoms with Crippen LogP contribution in [0.1, 0.15) is 66.0 Å². The van der Waals surface area contributed by atoms with E-state index in [-0.39, 0.29) is 11.9 Å². The van der Waals surface area contributed by atoms with Gasteiger partial charge in [0.1, 0.15) is 5.56 Å². The molecule has 1 aromatic carbocycles. The molecular weight excluding hydrogens is 396 g/mol. The van der Waals surface area contributed by atoms with Crippen molar-refractivity contribution in [2.75, 3.05) is 0 Å². The van der Waals surface area contributed by atoms with Gasteiger partial charge in [-0.25, -0.2) is 9.50 Å². The van der Waals surface area contributed by atoms with E-state index in [1.807, 2.05) is 38.1 Å². The Kier molecular flexibility index (Phi) is 5.83. The SMILES string of the molecule is Cc1nc2c(C(=O)N[C@@H]3CCC[C@@H](C)[C@@H]3C)cnn2c(C)c1Cc1ccccc1Cl. The van der Waals surface area contributed by atoms with Crippen LogP contribution in [0, 0.1) is 25.7 Å². The molecule has 0 unspecified atom stereocenters. The van der Waals surface area contributed by atoms with Crippen LogP contribution in [0.2, 0.25) is 5.02 Å². The van der Waals surface area contributed by atoms with Crippen molar-refractivity contribution in [2.45, 2.75) is 59.4 Å². The van der Waals surface area contributed by atoms with Gasteiger partial charge in [-0.15, -0.1) is 0 Å². The maximum absolute atomic E-state index is 13.1. The van der Waals surface area contributed by atoms with Gasteiger partial charge in [-0.2, -0.15) is 5.10 Å². The number of nitrogens with one attached hydrogen (secondary N) is 1. The Morgan fingerprint density at radius 2 is 2.00 bits per heavy atom. The van der Waals surface area contributed by atoms with Gasteiger partial charge in [-0.1, -0.05) is 56.5 Å². The van der Waals surface area contributed by atoms with Gasteiger partial charge >= 0.3 is 0 Å². The number of aryl methyl sites for hydroxylation is 2. The van der Waals surface area contributed by atoms with Crippen LogP contribution < -0.4 is 5.32 Å². The molecule has 0 saturated heterocycles. The molecule has 0 bridgehead atoms. The molecule has 1 aliphatic rings. The number of carbonyl (C=O) groups is 1. The lowest BCUT2D eigenvalue weighted by molar-refractivity contribution is 0.0892. The molecule has 1 aliphatic carbocycles. The summed E-state index contributed by atoms with van der Waals surface area (Å²) in [5.74, 6) is 1.02. The normalized spacial score (nSPS) is 21.7. The van der Waals surface area contributed by atoms with Crippen molar-refractivity contribution in [2.24, 2.45) is 11.8 Å². The van der Waals surface area contributed by atoms with Crippen LogP contribution in [-0.4, -0.2) is 26.5 Å². The Labute approximate surface area is 182 Å². The number of amides is 1. The highest BCUT2D eigenvalue weighted by molar-refractivity contribution is 6.31. The fourth-order valence-electron chi connectivity index (χ4n) is 4.59. The molecule has 1 fully saturated rings. The van der Waals surface area contributed by atoms with Crippen molar-refractivity contribution in [3.63, 3.8) is 0 Å². The van der Waals surface area contributed by atoms with Crippen LogP contribution in [0.15, 0.2) is 30.5 Å². The van der Waals surface area contributed by atoms with Gasteiger partial charge in [0.2, 0.25) is 0 Å². The van der Waals surface area contributed by atoms with Crippen molar-refractivity contribution in [3.05, 3.63) is 63.6 Å². The molecule has 5 nitrogen and oxygen atoms in total. The minimum Gasteiger partial charge on any atom is -0.349 e. The Hall–Kier alpha value is -2.40. The van der Waals surface area contributed by atoms with E-state index in [1.165, 1.54) is 6.42 Å². The second kappa shape index (κ2) is 8.38. The van der Waals surface area contributed by atoms with Crippen LogP contribution in [0.3, 0.4) is 0 Å². The number of hydrogen-bond donors (Lipinski definition) is 1. The van der Waals surface area contributed by atoms with Gasteiger partial charge in [0, 0.05) is 28.9 Å². The van der Waals surface area contributed by atoms with E-state index in [2.05, 4.69) is 24.3 Å². The van der Waals surface area contributed by atoms with Gasteiger partial charge in [0.05, 0.1) is 6.20 Å². The fourth-order valence-corrected chi connectivity index (χ4v) is 4.79. The number of rotatable bonds is 4. The van der Waals surface area contributed by atoms with E-state index in [1.54, 1.807) is 10.7 Å². The molecule has 2 aromatic heterocycles. The first-order valence-corrected chi connectivity index (χ1v) is 11.1. The molecule has 158 valence electrons. The van der Waals surface area contributed by atoms with Crippen molar-refractivity contribution in [1.82, 2.24) is 19.9 Å². The highest BCUT2D eigenvalue weighted by Gasteiger charge is 2.29. The zero-order valence-corrected chi connectivity index (χ0v) is 18.8. The number of carbonyl (C=O) groups excluding carboxylic acids is 1. The lowest BCUT2D eigenvalue weighted by Crippen LogP contribution is -2.43. The topological polar surface area (TPSA) is 59.3 Å². The molecule has 0 radical (unpaired) electrons. The van der Waals surface area contributed by atoms with Crippen molar-refractivity contribution < 1.29 is 4.79 Å². The van der Waals surface area contributed by atoms with Gasteiger partial charge in [0.25, 0.3) is 5.91 Å². The number of halogens is 1. The number of nitrogens with zero attached hydrogens (tertiary/aromatic N) is 3. The summed E-state index contributed by atoms with van der Waals surface area (Å²) in [6.45, 7) is 8.51. The van der Waals surface area contributed by atoms with Gasteiger partial charge in [-0.05, 0) is 49.3 Å². The summed E-state index contributed by atoms with van der Waals surface area (Å²) in [6.07, 6.45) is 5.74. The fraction of sp³-hybridized carbons (Fsp3) is 0.458. The van der Waals surface area contributed by atoms with Crippen LogP contribution in [0.4, 0.5) is 0 Å². The standard InChI is InChI=1S/C24H29ClN4O/c1-14-8-7-11-22(15(14)2)28-24(30)20-13-26-29-17(4)19(16(3)27-23(20)29)12-18-9-5-6-10-21(18)25/h5-6,9-10,13-15,22H,7-8,11-12H2,1-4H3,(H,28,30)/t14-,15+,22-/m1/s1. The highest BCUT2D eigenvalue weighted by Crippen LogP contribution is 2.30. The third kappa shape index (κ3) is 3.83. The molecule has 3 aromatic rings. The minimum absolute atomic E-state index is 0.0823. The first-order chi connectivity index (χ1) is 14.4. The van der Waals surface area contributed by atoms with E-state index in [0.29, 0.717) is 29.5 Å². The molecule has 1 N–H and O–H groups in total. The Balaban J connectivity index is 1.64. The van der Waals surface area contributed by atoms with Crippen LogP contribution >= 0.6 is 11.6 Å². The summed E-state index contributed by atoms with van der Waals surface area (Å²) in [6, 6.07) is 8.05. The van der Waals surface area contributed by atoms with Crippen LogP contribution in [-0.2, 0) is 6.42 Å². The summed E-state index contributed by atoms with van der Waals surface area (Å²) < 4.78 is 1.78. The minimum atomic E-state index is -0.0823. The maximum atomic E-state index is 13.1. The van der Waals surface area contributed by atoms with Gasteiger partial charge < -0.3 is 5.32 Å². The molecular formula is C24H29ClN4O. The Bertz CT molecular complexity index is 1090. The summed E-state index contributed by atoms with van der Waals surface area (Å²) in [5.41, 5.74) is 5.17. The predicted octanol–water partition coefficient (Wildman–Crippen LogP) is 5.14. The van der Waals surface area contributed by atoms with Crippen LogP contribution in [0.5, 0.6) is 0 Å². The smallest absolute Gasteiger partial charge is 0.256 e. The molecule has 3 atom stereocenters. The van der Waals surface area contributed by atoms with Crippen LogP contribution in [0.25, 0.3) is 5.65 Å². The van der Waals surface area contributed by atoms with Crippen molar-refractivity contribution in [1.29, 1.82) is 0 Å². The average molecular weight is 425 g/mol. The van der Waals surface area contributed by atoms with Gasteiger partial charge in [-0.3, -0.25) is 4.79 Å². The summed E-state index contributed by atoms with van der Waals surface area (Å²) in [7, 11) is 0. The number of aromatic nitrogens is 3. The number of benzene rings is 1. The molecule has 4 rings (SSSR count). The molecule has 0 spiro atoms. The molecule has 1 amide bonds. The summed E-state index contributed by atoms with van der Waals surface area (Å²) in [5, 5.41) is 8.48. The lowest BCUT2D eigenvalue weighted by Gasteiger charge is -2.34. The zero-order valence-electron chi connectivity index (χ0n) is 18.1. The molecule has 30 heavy (non-hydrogen) atoms. The molecule has 2 heterocycles. The van der Waals surface area contributed by atoms with Gasteiger partial charge in [0.15, 0.2) is 5.65 Å². The highest BCUT2D eigenvalue weighted by atomic mass is 35.5. The largest absolute Gasteiger partial charge is 0.349 e. The maximum Gasteiger partial charge on any atom is 0.256 e. The molecule has 1 saturated carbocycles. The number of hydrogen-bond acceptors (Lipinski definition) is 3. The summed E-state index contributed by atoms with van der Waals surface area (Å²) in [4.78, 5) is 17.8. The third-order valence-corrected chi connectivity index (χ3v) is 7.17. The third-order valence-electron chi connectivity index (χ3n) is 6.80. The van der Waals surface area contributed by atoms with E-state index in [0.717, 1.165) is 40.4 Å². The second-order valence-corrected chi connectivity index (χ2v) is 9.08. The van der Waals surface area contributed by atoms with E-state index in [4.69, 9.17) is 16.6 Å². The van der Waals surface area contributed by atoms with E-state index >= 15 is 0 Å². The average Bonchev–Trinajstić information content (AvgIpc) is 3.14. The first kappa shape index (κ1) is 20.9. The Morgan fingerprint density at radius 3 is 2.77 bits per heavy atom. The molecule has 0 aliphatic heterocycles. The van der Waals surface area contributed by atoms with Crippen molar-refractivity contribution >= 4 is 23.2 Å².